The first kappa shape index (κ1) is 16.0. The average Bonchev–Trinajstić information content (AvgIpc) is 3.23. The van der Waals surface area contributed by atoms with Crippen molar-refractivity contribution in [3.63, 3.8) is 0 Å². The van der Waals surface area contributed by atoms with E-state index in [1.807, 2.05) is 29.6 Å². The van der Waals surface area contributed by atoms with Crippen molar-refractivity contribution in [3.05, 3.63) is 35.8 Å². The lowest BCUT2D eigenvalue weighted by Crippen LogP contribution is -2.53. The van der Waals surface area contributed by atoms with E-state index in [1.54, 1.807) is 6.20 Å². The van der Waals surface area contributed by atoms with Crippen molar-refractivity contribution in [2.45, 2.75) is 13.0 Å². The van der Waals surface area contributed by atoms with Gasteiger partial charge in [0, 0.05) is 37.3 Å². The smallest absolute Gasteiger partial charge is 0.298 e. The predicted octanol–water partition coefficient (Wildman–Crippen LogP) is 2.43. The summed E-state index contributed by atoms with van der Waals surface area (Å²) in [5.41, 5.74) is 1.67. The number of carbonyl (C=O) groups excluding carboxylic acids is 1. The van der Waals surface area contributed by atoms with Crippen LogP contribution in [0.25, 0.3) is 11.1 Å². The van der Waals surface area contributed by atoms with E-state index in [4.69, 9.17) is 4.42 Å². The second-order valence-corrected chi connectivity index (χ2v) is 7.02. The van der Waals surface area contributed by atoms with Crippen molar-refractivity contribution in [2.75, 3.05) is 36.4 Å². The molecule has 1 unspecified atom stereocenters. The van der Waals surface area contributed by atoms with Gasteiger partial charge in [-0.2, -0.15) is 4.98 Å². The van der Waals surface area contributed by atoms with Crippen molar-refractivity contribution < 1.29 is 9.21 Å². The Morgan fingerprint density at radius 1 is 1.40 bits per heavy atom. The summed E-state index contributed by atoms with van der Waals surface area (Å²) in [5.74, 6) is -0.0301. The van der Waals surface area contributed by atoms with Crippen molar-refractivity contribution >= 4 is 39.5 Å². The number of thiazole rings is 1. The quantitative estimate of drug-likeness (QED) is 0.773. The number of oxazole rings is 1. The molecule has 0 saturated carbocycles. The van der Waals surface area contributed by atoms with E-state index in [2.05, 4.69) is 32.0 Å². The van der Waals surface area contributed by atoms with Gasteiger partial charge in [0.1, 0.15) is 5.52 Å². The standard InChI is InChI=1S/C17H19N5O2S/c1-12-10-21(11-15(23)20-16-18-6-9-25-16)7-8-22(12)17-19-13-4-2-3-5-14(13)24-17/h2-6,9,12H,7-8,10-11H2,1H3,(H,18,20,23). The molecule has 25 heavy (non-hydrogen) atoms. The number of benzene rings is 1. The minimum absolute atomic E-state index is 0.0301. The van der Waals surface area contributed by atoms with Crippen LogP contribution in [0.1, 0.15) is 6.92 Å². The van der Waals surface area contributed by atoms with Gasteiger partial charge in [-0.1, -0.05) is 12.1 Å². The van der Waals surface area contributed by atoms with Gasteiger partial charge in [-0.25, -0.2) is 4.98 Å². The predicted molar refractivity (Wildman–Crippen MR) is 98.0 cm³/mol. The molecule has 1 N–H and O–H groups in total. The zero-order valence-electron chi connectivity index (χ0n) is 13.9. The Morgan fingerprint density at radius 3 is 3.04 bits per heavy atom. The van der Waals surface area contributed by atoms with Crippen molar-refractivity contribution in [1.82, 2.24) is 14.9 Å². The highest BCUT2D eigenvalue weighted by molar-refractivity contribution is 7.13. The highest BCUT2D eigenvalue weighted by Crippen LogP contribution is 2.24. The minimum atomic E-state index is -0.0301. The van der Waals surface area contributed by atoms with Crippen molar-refractivity contribution in [1.29, 1.82) is 0 Å². The van der Waals surface area contributed by atoms with Gasteiger partial charge >= 0.3 is 0 Å². The summed E-state index contributed by atoms with van der Waals surface area (Å²) >= 11 is 1.42. The monoisotopic (exact) mass is 357 g/mol. The Bertz CT molecular complexity index is 830. The van der Waals surface area contributed by atoms with Crippen molar-refractivity contribution in [2.24, 2.45) is 0 Å². The zero-order chi connectivity index (χ0) is 17.2. The maximum Gasteiger partial charge on any atom is 0.298 e. The molecule has 1 fully saturated rings. The molecule has 4 rings (SSSR count). The first-order valence-electron chi connectivity index (χ1n) is 8.23. The second kappa shape index (κ2) is 6.81. The number of carbonyl (C=O) groups is 1. The van der Waals surface area contributed by atoms with Gasteiger partial charge in [-0.15, -0.1) is 11.3 Å². The molecule has 0 bridgehead atoms. The van der Waals surface area contributed by atoms with Crippen LogP contribution in [-0.2, 0) is 4.79 Å². The molecule has 7 nitrogen and oxygen atoms in total. The summed E-state index contributed by atoms with van der Waals surface area (Å²) in [4.78, 5) is 25.1. The number of nitrogens with zero attached hydrogens (tertiary/aromatic N) is 4. The number of nitrogens with one attached hydrogen (secondary N) is 1. The third-order valence-corrected chi connectivity index (χ3v) is 4.97. The van der Waals surface area contributed by atoms with Gasteiger partial charge in [0.2, 0.25) is 5.91 Å². The molecular formula is C17H19N5O2S. The third kappa shape index (κ3) is 3.49. The number of piperazine rings is 1. The maximum absolute atomic E-state index is 12.1. The van der Waals surface area contributed by atoms with Gasteiger partial charge in [-0.3, -0.25) is 9.69 Å². The van der Waals surface area contributed by atoms with Gasteiger partial charge in [0.05, 0.1) is 6.54 Å². The molecule has 0 radical (unpaired) electrons. The summed E-state index contributed by atoms with van der Waals surface area (Å²) < 4.78 is 5.87. The number of hydrogen-bond donors (Lipinski definition) is 1. The van der Waals surface area contributed by atoms with E-state index in [1.165, 1.54) is 11.3 Å². The molecule has 1 amide bonds. The highest BCUT2D eigenvalue weighted by atomic mass is 32.1. The van der Waals surface area contributed by atoms with E-state index in [0.717, 1.165) is 30.7 Å². The summed E-state index contributed by atoms with van der Waals surface area (Å²) in [5, 5.41) is 5.31. The zero-order valence-corrected chi connectivity index (χ0v) is 14.7. The Balaban J connectivity index is 1.37. The SMILES string of the molecule is CC1CN(CC(=O)Nc2nccs2)CCN1c1nc2ccccc2o1. The molecule has 3 heterocycles. The maximum atomic E-state index is 12.1. The number of aromatic nitrogens is 2. The molecule has 1 aromatic carbocycles. The largest absolute Gasteiger partial charge is 0.423 e. The Labute approximate surface area is 149 Å². The van der Waals surface area contributed by atoms with Crippen LogP contribution in [0.4, 0.5) is 11.1 Å². The van der Waals surface area contributed by atoms with E-state index < -0.39 is 0 Å². The lowest BCUT2D eigenvalue weighted by molar-refractivity contribution is -0.117. The van der Waals surface area contributed by atoms with Crippen LogP contribution in [0.15, 0.2) is 40.3 Å². The van der Waals surface area contributed by atoms with E-state index in [9.17, 15) is 4.79 Å². The van der Waals surface area contributed by atoms with Gasteiger partial charge in [0.15, 0.2) is 10.7 Å². The summed E-state index contributed by atoms with van der Waals surface area (Å²) in [6.45, 7) is 4.84. The van der Waals surface area contributed by atoms with Crippen LogP contribution < -0.4 is 10.2 Å². The fourth-order valence-corrected chi connectivity index (χ4v) is 3.64. The molecule has 130 valence electrons. The molecule has 0 spiro atoms. The summed E-state index contributed by atoms with van der Waals surface area (Å²) in [6, 6.07) is 8.65. The van der Waals surface area contributed by atoms with Crippen LogP contribution in [0.2, 0.25) is 0 Å². The summed E-state index contributed by atoms with van der Waals surface area (Å²) in [7, 11) is 0. The lowest BCUT2D eigenvalue weighted by Gasteiger charge is -2.38. The van der Waals surface area contributed by atoms with E-state index >= 15 is 0 Å². The van der Waals surface area contributed by atoms with Crippen LogP contribution in [0.3, 0.4) is 0 Å². The first-order chi connectivity index (χ1) is 12.2. The fourth-order valence-electron chi connectivity index (χ4n) is 3.09. The highest BCUT2D eigenvalue weighted by Gasteiger charge is 2.28. The van der Waals surface area contributed by atoms with E-state index in [-0.39, 0.29) is 11.9 Å². The lowest BCUT2D eigenvalue weighted by atomic mass is 10.2. The molecule has 2 aromatic heterocycles. The number of para-hydroxylation sites is 2. The third-order valence-electron chi connectivity index (χ3n) is 4.29. The van der Waals surface area contributed by atoms with E-state index in [0.29, 0.717) is 17.7 Å². The first-order valence-corrected chi connectivity index (χ1v) is 9.11. The van der Waals surface area contributed by atoms with Crippen LogP contribution >= 0.6 is 11.3 Å². The number of hydrogen-bond acceptors (Lipinski definition) is 7. The Hall–Kier alpha value is -2.45. The van der Waals surface area contributed by atoms with Crippen LogP contribution in [0.5, 0.6) is 0 Å². The van der Waals surface area contributed by atoms with Crippen LogP contribution in [-0.4, -0.2) is 53.0 Å². The number of anilines is 2. The van der Waals surface area contributed by atoms with Crippen LogP contribution in [0, 0.1) is 0 Å². The van der Waals surface area contributed by atoms with Crippen molar-refractivity contribution in [3.8, 4) is 0 Å². The molecular weight excluding hydrogens is 338 g/mol. The number of rotatable bonds is 4. The molecule has 1 atom stereocenters. The van der Waals surface area contributed by atoms with Gasteiger partial charge in [0.25, 0.3) is 6.01 Å². The minimum Gasteiger partial charge on any atom is -0.423 e. The average molecular weight is 357 g/mol. The molecule has 0 aliphatic carbocycles. The normalized spacial score (nSPS) is 18.6. The fraction of sp³-hybridized carbons (Fsp3) is 0.353. The topological polar surface area (TPSA) is 74.5 Å². The molecule has 1 saturated heterocycles. The summed E-state index contributed by atoms with van der Waals surface area (Å²) in [6.07, 6.45) is 1.68. The molecule has 1 aliphatic heterocycles. The number of amides is 1. The molecule has 8 heteroatoms. The molecule has 3 aromatic rings. The molecule has 1 aliphatic rings. The second-order valence-electron chi connectivity index (χ2n) is 6.13. The Morgan fingerprint density at radius 2 is 2.28 bits per heavy atom. The van der Waals surface area contributed by atoms with Gasteiger partial charge < -0.3 is 14.6 Å². The number of fused-ring (bicyclic) bond motifs is 1. The van der Waals surface area contributed by atoms with Gasteiger partial charge in [-0.05, 0) is 19.1 Å². The Kier molecular flexibility index (Phi) is 4.37.